The van der Waals surface area contributed by atoms with Gasteiger partial charge in [0.2, 0.25) is 0 Å². The third-order valence-corrected chi connectivity index (χ3v) is 5.22. The number of aromatic nitrogens is 5. The van der Waals surface area contributed by atoms with E-state index in [9.17, 15) is 23.2 Å². The Hall–Kier alpha value is -3.37. The molecule has 31 heavy (non-hydrogen) atoms. The number of fused-ring (bicyclic) bond motifs is 1. The van der Waals surface area contributed by atoms with Gasteiger partial charge in [-0.1, -0.05) is 41.4 Å². The van der Waals surface area contributed by atoms with E-state index < -0.39 is 23.4 Å². The fourth-order valence-corrected chi connectivity index (χ4v) is 3.69. The number of benzene rings is 2. The van der Waals surface area contributed by atoms with Gasteiger partial charge in [0.15, 0.2) is 5.69 Å². The molecule has 8 nitrogen and oxygen atoms in total. The molecule has 0 fully saturated rings. The molecule has 0 saturated heterocycles. The summed E-state index contributed by atoms with van der Waals surface area (Å²) in [5.41, 5.74) is -2.83. The molecule has 0 saturated carbocycles. The minimum atomic E-state index is -3.18. The molecule has 2 heterocycles. The van der Waals surface area contributed by atoms with Gasteiger partial charge >= 0.3 is 5.69 Å². The van der Waals surface area contributed by atoms with Crippen molar-refractivity contribution < 1.29 is 8.78 Å². The smallest absolute Gasteiger partial charge is 0.271 e. The molecule has 0 aliphatic rings. The summed E-state index contributed by atoms with van der Waals surface area (Å²) in [4.78, 5) is 37.3. The third kappa shape index (κ3) is 3.87. The Morgan fingerprint density at radius 1 is 1.00 bits per heavy atom. The van der Waals surface area contributed by atoms with E-state index >= 15 is 0 Å². The molecule has 0 amide bonds. The van der Waals surface area contributed by atoms with E-state index in [4.69, 9.17) is 23.2 Å². The van der Waals surface area contributed by atoms with Gasteiger partial charge in [0, 0.05) is 21.9 Å². The molecule has 12 heteroatoms. The zero-order valence-corrected chi connectivity index (χ0v) is 16.8. The zero-order valence-electron chi connectivity index (χ0n) is 15.3. The largest absolute Gasteiger partial charge is 0.349 e. The number of H-pyrrole nitrogens is 2. The molecule has 2 aromatic heterocycles. The lowest BCUT2D eigenvalue weighted by Gasteiger charge is -2.12. The van der Waals surface area contributed by atoms with E-state index in [1.807, 2.05) is 0 Å². The number of halogens is 4. The van der Waals surface area contributed by atoms with Gasteiger partial charge in [-0.05, 0) is 23.8 Å². The average molecular weight is 466 g/mol. The molecule has 0 bridgehead atoms. The van der Waals surface area contributed by atoms with E-state index in [1.165, 1.54) is 12.1 Å². The van der Waals surface area contributed by atoms with E-state index in [0.29, 0.717) is 26.7 Å². The monoisotopic (exact) mass is 465 g/mol. The van der Waals surface area contributed by atoms with E-state index in [-0.39, 0.29) is 27.7 Å². The van der Waals surface area contributed by atoms with Gasteiger partial charge in [0.1, 0.15) is 0 Å². The Morgan fingerprint density at radius 2 is 1.65 bits per heavy atom. The molecule has 4 rings (SSSR count). The van der Waals surface area contributed by atoms with Crippen molar-refractivity contribution in [1.82, 2.24) is 25.0 Å². The summed E-state index contributed by atoms with van der Waals surface area (Å²) in [5, 5.41) is 11.2. The standard InChI is InChI=1S/C19H11Cl2F2N5O3/c20-12-5-8(28-19(31)24-18(30)15(27-28)16(22)23)6-13(21)11(12)7-14-9-3-1-2-4-10(9)17(29)26-25-14/h1-6,16H,7H2,(H,26,29)(H,24,30,31). The van der Waals surface area contributed by atoms with Crippen molar-refractivity contribution in [3.05, 3.63) is 94.6 Å². The molecule has 0 aliphatic heterocycles. The normalized spacial score (nSPS) is 11.4. The number of rotatable bonds is 4. The van der Waals surface area contributed by atoms with Crippen LogP contribution >= 0.6 is 23.2 Å². The first-order chi connectivity index (χ1) is 14.8. The SMILES string of the molecule is O=c1[nH]c(=O)n(-c2cc(Cl)c(Cc3n[nH]c(=O)c4ccccc34)c(Cl)c2)nc1C(F)F. The second-order valence-corrected chi connectivity index (χ2v) is 7.28. The van der Waals surface area contributed by atoms with Crippen LogP contribution in [0.4, 0.5) is 8.78 Å². The van der Waals surface area contributed by atoms with Crippen molar-refractivity contribution in [3.8, 4) is 5.69 Å². The van der Waals surface area contributed by atoms with Crippen LogP contribution in [0.15, 0.2) is 50.8 Å². The predicted octanol–water partition coefficient (Wildman–Crippen LogP) is 2.99. The number of aromatic amines is 2. The highest BCUT2D eigenvalue weighted by Crippen LogP contribution is 2.30. The van der Waals surface area contributed by atoms with Gasteiger partial charge in [0.05, 0.1) is 16.8 Å². The maximum absolute atomic E-state index is 13.0. The Bertz CT molecular complexity index is 1470. The number of alkyl halides is 2. The van der Waals surface area contributed by atoms with Crippen molar-refractivity contribution >= 4 is 34.0 Å². The second kappa shape index (κ2) is 8.05. The maximum atomic E-state index is 13.0. The van der Waals surface area contributed by atoms with Crippen LogP contribution in [0.5, 0.6) is 0 Å². The number of hydrogen-bond donors (Lipinski definition) is 2. The zero-order chi connectivity index (χ0) is 22.3. The first-order valence-corrected chi connectivity index (χ1v) is 9.48. The van der Waals surface area contributed by atoms with Gasteiger partial charge < -0.3 is 0 Å². The van der Waals surface area contributed by atoms with Crippen LogP contribution < -0.4 is 16.8 Å². The van der Waals surface area contributed by atoms with Crippen molar-refractivity contribution in [2.45, 2.75) is 12.8 Å². The molecule has 0 atom stereocenters. The fourth-order valence-electron chi connectivity index (χ4n) is 3.08. The number of nitrogens with one attached hydrogen (secondary N) is 2. The van der Waals surface area contributed by atoms with Crippen LogP contribution in [0.25, 0.3) is 16.5 Å². The van der Waals surface area contributed by atoms with Crippen molar-refractivity contribution in [3.63, 3.8) is 0 Å². The molecule has 0 unspecified atom stereocenters. The van der Waals surface area contributed by atoms with Gasteiger partial charge in [-0.2, -0.15) is 14.9 Å². The lowest BCUT2D eigenvalue weighted by molar-refractivity contribution is 0.141. The van der Waals surface area contributed by atoms with Crippen molar-refractivity contribution in [1.29, 1.82) is 0 Å². The lowest BCUT2D eigenvalue weighted by Crippen LogP contribution is -2.34. The van der Waals surface area contributed by atoms with Gasteiger partial charge in [-0.3, -0.25) is 14.6 Å². The summed E-state index contributed by atoms with van der Waals surface area (Å²) in [6.07, 6.45) is -3.04. The molecule has 2 aromatic carbocycles. The fraction of sp³-hybridized carbons (Fsp3) is 0.105. The van der Waals surface area contributed by atoms with E-state index in [1.54, 1.807) is 29.2 Å². The molecule has 4 aromatic rings. The van der Waals surface area contributed by atoms with Crippen LogP contribution in [0, 0.1) is 0 Å². The topological polar surface area (TPSA) is 113 Å². The summed E-state index contributed by atoms with van der Waals surface area (Å²) in [7, 11) is 0. The summed E-state index contributed by atoms with van der Waals surface area (Å²) < 4.78 is 26.6. The molecule has 0 spiro atoms. The highest BCUT2D eigenvalue weighted by Gasteiger charge is 2.19. The van der Waals surface area contributed by atoms with Gasteiger partial charge in [0.25, 0.3) is 17.5 Å². The Labute approximate surface area is 181 Å². The van der Waals surface area contributed by atoms with Gasteiger partial charge in [-0.25, -0.2) is 18.7 Å². The number of hydrogen-bond acceptors (Lipinski definition) is 5. The van der Waals surface area contributed by atoms with Crippen molar-refractivity contribution in [2.75, 3.05) is 0 Å². The van der Waals surface area contributed by atoms with Gasteiger partial charge in [-0.15, -0.1) is 0 Å². The molecule has 0 radical (unpaired) electrons. The molecular weight excluding hydrogens is 455 g/mol. The number of nitrogens with zero attached hydrogens (tertiary/aromatic N) is 3. The summed E-state index contributed by atoms with van der Waals surface area (Å²) in [6.45, 7) is 0. The third-order valence-electron chi connectivity index (χ3n) is 4.55. The minimum Gasteiger partial charge on any atom is -0.271 e. The first-order valence-electron chi connectivity index (χ1n) is 8.72. The van der Waals surface area contributed by atoms with Crippen LogP contribution in [-0.4, -0.2) is 25.0 Å². The molecule has 158 valence electrons. The van der Waals surface area contributed by atoms with E-state index in [0.717, 1.165) is 0 Å². The highest BCUT2D eigenvalue weighted by molar-refractivity contribution is 6.36. The summed E-state index contributed by atoms with van der Waals surface area (Å²) in [6, 6.07) is 9.48. The quantitative estimate of drug-likeness (QED) is 0.480. The maximum Gasteiger partial charge on any atom is 0.349 e. The first kappa shape index (κ1) is 20.9. The Balaban J connectivity index is 1.81. The minimum absolute atomic E-state index is 0.0128. The van der Waals surface area contributed by atoms with E-state index in [2.05, 4.69) is 15.3 Å². The molecular formula is C19H11Cl2F2N5O3. The van der Waals surface area contributed by atoms with Crippen LogP contribution in [-0.2, 0) is 6.42 Å². The van der Waals surface area contributed by atoms with Crippen LogP contribution in [0.3, 0.4) is 0 Å². The average Bonchev–Trinajstić information content (AvgIpc) is 2.72. The Kier molecular flexibility index (Phi) is 5.42. The summed E-state index contributed by atoms with van der Waals surface area (Å²) >= 11 is 12.7. The summed E-state index contributed by atoms with van der Waals surface area (Å²) in [5.74, 6) is 0. The van der Waals surface area contributed by atoms with Crippen molar-refractivity contribution in [2.24, 2.45) is 0 Å². The van der Waals surface area contributed by atoms with Crippen LogP contribution in [0.2, 0.25) is 10.0 Å². The lowest BCUT2D eigenvalue weighted by atomic mass is 10.0. The molecule has 2 N–H and O–H groups in total. The van der Waals surface area contributed by atoms with Crippen LogP contribution in [0.1, 0.15) is 23.4 Å². The highest BCUT2D eigenvalue weighted by atomic mass is 35.5. The Morgan fingerprint density at radius 3 is 2.29 bits per heavy atom. The molecule has 0 aliphatic carbocycles. The predicted molar refractivity (Wildman–Crippen MR) is 111 cm³/mol. The second-order valence-electron chi connectivity index (χ2n) is 6.47.